The molecule has 0 radical (unpaired) electrons. The molecule has 0 saturated heterocycles. The molecule has 2 aromatic rings. The van der Waals surface area contributed by atoms with E-state index in [1.165, 1.54) is 0 Å². The Labute approximate surface area is 95.2 Å². The summed E-state index contributed by atoms with van der Waals surface area (Å²) in [5.41, 5.74) is 1.69. The Bertz CT molecular complexity index is 548. The largest absolute Gasteiger partial charge is 0.497 e. The van der Waals surface area contributed by atoms with Crippen molar-refractivity contribution in [2.75, 3.05) is 7.11 Å². The molecule has 0 amide bonds. The molecule has 0 aliphatic carbocycles. The van der Waals surface area contributed by atoms with Crippen molar-refractivity contribution in [3.05, 3.63) is 40.2 Å². The smallest absolute Gasteiger partial charge is 0.248 e. The van der Waals surface area contributed by atoms with Gasteiger partial charge in [-0.05, 0) is 17.7 Å². The molecule has 0 atom stereocenters. The molecular weight excluding hydrogens is 258 g/mol. The van der Waals surface area contributed by atoms with Crippen molar-refractivity contribution in [1.82, 2.24) is 4.98 Å². The summed E-state index contributed by atoms with van der Waals surface area (Å²) in [7, 11) is 1.60. The van der Waals surface area contributed by atoms with Crippen LogP contribution < -0.4 is 10.3 Å². The molecule has 15 heavy (non-hydrogen) atoms. The first-order valence-corrected chi connectivity index (χ1v) is 5.62. The first kappa shape index (κ1) is 10.2. The Kier molecular flexibility index (Phi) is 2.77. The maximum absolute atomic E-state index is 11.3. The second-order valence-electron chi connectivity index (χ2n) is 3.20. The number of halogens is 1. The molecular formula is C11H10BrNO2. The summed E-state index contributed by atoms with van der Waals surface area (Å²) in [6, 6.07) is 7.25. The zero-order valence-corrected chi connectivity index (χ0v) is 9.80. The third-order valence-corrected chi connectivity index (χ3v) is 2.88. The zero-order chi connectivity index (χ0) is 10.8. The van der Waals surface area contributed by atoms with Crippen molar-refractivity contribution >= 4 is 26.8 Å². The molecule has 0 aliphatic heterocycles. The van der Waals surface area contributed by atoms with E-state index in [2.05, 4.69) is 20.9 Å². The maximum Gasteiger partial charge on any atom is 0.248 e. The molecule has 78 valence electrons. The third kappa shape index (κ3) is 1.90. The molecule has 0 bridgehead atoms. The normalized spacial score (nSPS) is 10.5. The molecule has 0 fully saturated rings. The number of aromatic amines is 1. The van der Waals surface area contributed by atoms with Crippen LogP contribution >= 0.6 is 15.9 Å². The lowest BCUT2D eigenvalue weighted by Gasteiger charge is -2.05. The van der Waals surface area contributed by atoms with Crippen LogP contribution in [0.25, 0.3) is 10.9 Å². The van der Waals surface area contributed by atoms with E-state index in [-0.39, 0.29) is 5.56 Å². The van der Waals surface area contributed by atoms with Gasteiger partial charge in [-0.2, -0.15) is 0 Å². The highest BCUT2D eigenvalue weighted by Crippen LogP contribution is 2.22. The van der Waals surface area contributed by atoms with E-state index in [9.17, 15) is 4.79 Å². The van der Waals surface area contributed by atoms with E-state index in [1.54, 1.807) is 13.2 Å². The quantitative estimate of drug-likeness (QED) is 0.850. The van der Waals surface area contributed by atoms with Crippen molar-refractivity contribution < 1.29 is 4.74 Å². The average molecular weight is 268 g/mol. The van der Waals surface area contributed by atoms with Gasteiger partial charge in [0.05, 0.1) is 12.6 Å². The first-order chi connectivity index (χ1) is 7.24. The minimum atomic E-state index is -0.0924. The standard InChI is InChI=1S/C11H10BrNO2/c1-15-8-2-3-9-7(6-12)4-11(14)13-10(9)5-8/h2-5H,6H2,1H3,(H,13,14). The molecule has 0 saturated carbocycles. The molecule has 1 aromatic carbocycles. The van der Waals surface area contributed by atoms with E-state index in [4.69, 9.17) is 4.74 Å². The van der Waals surface area contributed by atoms with Crippen LogP contribution in [0, 0.1) is 0 Å². The lowest BCUT2D eigenvalue weighted by atomic mass is 10.1. The van der Waals surface area contributed by atoms with Gasteiger partial charge in [-0.3, -0.25) is 4.79 Å². The number of pyridine rings is 1. The van der Waals surface area contributed by atoms with Crippen LogP contribution in [0.2, 0.25) is 0 Å². The molecule has 1 N–H and O–H groups in total. The van der Waals surface area contributed by atoms with Gasteiger partial charge in [-0.15, -0.1) is 0 Å². The number of ether oxygens (including phenoxy) is 1. The predicted molar refractivity (Wildman–Crippen MR) is 63.8 cm³/mol. The molecule has 1 aromatic heterocycles. The number of H-pyrrole nitrogens is 1. The minimum absolute atomic E-state index is 0.0924. The minimum Gasteiger partial charge on any atom is -0.497 e. The molecule has 0 spiro atoms. The van der Waals surface area contributed by atoms with E-state index in [0.29, 0.717) is 5.33 Å². The second kappa shape index (κ2) is 4.06. The Morgan fingerprint density at radius 2 is 2.20 bits per heavy atom. The number of methoxy groups -OCH3 is 1. The van der Waals surface area contributed by atoms with Gasteiger partial charge in [0, 0.05) is 22.8 Å². The van der Waals surface area contributed by atoms with E-state index >= 15 is 0 Å². The summed E-state index contributed by atoms with van der Waals surface area (Å²) in [5, 5.41) is 1.70. The van der Waals surface area contributed by atoms with Crippen LogP contribution in [-0.2, 0) is 5.33 Å². The summed E-state index contributed by atoms with van der Waals surface area (Å²) in [6.07, 6.45) is 0. The van der Waals surface area contributed by atoms with Gasteiger partial charge in [0.25, 0.3) is 0 Å². The van der Waals surface area contributed by atoms with Gasteiger partial charge in [0.1, 0.15) is 5.75 Å². The van der Waals surface area contributed by atoms with Gasteiger partial charge >= 0.3 is 0 Å². The van der Waals surface area contributed by atoms with Gasteiger partial charge in [0.2, 0.25) is 5.56 Å². The second-order valence-corrected chi connectivity index (χ2v) is 3.76. The predicted octanol–water partition coefficient (Wildman–Crippen LogP) is 2.43. The number of hydrogen-bond acceptors (Lipinski definition) is 2. The van der Waals surface area contributed by atoms with Crippen molar-refractivity contribution in [1.29, 1.82) is 0 Å². The van der Waals surface area contributed by atoms with E-state index < -0.39 is 0 Å². The number of hydrogen-bond donors (Lipinski definition) is 1. The molecule has 0 unspecified atom stereocenters. The Morgan fingerprint density at radius 1 is 1.40 bits per heavy atom. The summed E-state index contributed by atoms with van der Waals surface area (Å²) in [4.78, 5) is 14.1. The summed E-state index contributed by atoms with van der Waals surface area (Å²) in [6.45, 7) is 0. The molecule has 1 heterocycles. The highest BCUT2D eigenvalue weighted by molar-refractivity contribution is 9.08. The molecule has 2 rings (SSSR count). The fraction of sp³-hybridized carbons (Fsp3) is 0.182. The van der Waals surface area contributed by atoms with Crippen LogP contribution in [0.15, 0.2) is 29.1 Å². The van der Waals surface area contributed by atoms with E-state index in [0.717, 1.165) is 22.2 Å². The monoisotopic (exact) mass is 267 g/mol. The summed E-state index contributed by atoms with van der Waals surface area (Å²) >= 11 is 3.36. The Hall–Kier alpha value is -1.29. The van der Waals surface area contributed by atoms with Gasteiger partial charge in [-0.1, -0.05) is 15.9 Å². The van der Waals surface area contributed by atoms with Gasteiger partial charge in [0.15, 0.2) is 0 Å². The van der Waals surface area contributed by atoms with Crippen LogP contribution in [0.5, 0.6) is 5.75 Å². The molecule has 0 aliphatic rings. The highest BCUT2D eigenvalue weighted by Gasteiger charge is 2.03. The third-order valence-electron chi connectivity index (χ3n) is 2.28. The van der Waals surface area contributed by atoms with Gasteiger partial charge < -0.3 is 9.72 Å². The SMILES string of the molecule is COc1ccc2c(CBr)cc(=O)[nH]c2c1. The molecule has 4 heteroatoms. The van der Waals surface area contributed by atoms with Crippen LogP contribution in [-0.4, -0.2) is 12.1 Å². The van der Waals surface area contributed by atoms with E-state index in [1.807, 2.05) is 18.2 Å². The van der Waals surface area contributed by atoms with Crippen LogP contribution in [0.1, 0.15) is 5.56 Å². The fourth-order valence-corrected chi connectivity index (χ4v) is 2.01. The van der Waals surface area contributed by atoms with Crippen LogP contribution in [0.4, 0.5) is 0 Å². The summed E-state index contributed by atoms with van der Waals surface area (Å²) < 4.78 is 5.10. The Morgan fingerprint density at radius 3 is 2.87 bits per heavy atom. The average Bonchev–Trinajstić information content (AvgIpc) is 2.26. The number of rotatable bonds is 2. The highest BCUT2D eigenvalue weighted by atomic mass is 79.9. The number of aromatic nitrogens is 1. The first-order valence-electron chi connectivity index (χ1n) is 4.50. The van der Waals surface area contributed by atoms with Gasteiger partial charge in [-0.25, -0.2) is 0 Å². The lowest BCUT2D eigenvalue weighted by Crippen LogP contribution is -2.05. The van der Waals surface area contributed by atoms with Crippen LogP contribution in [0.3, 0.4) is 0 Å². The zero-order valence-electron chi connectivity index (χ0n) is 8.21. The Balaban J connectivity index is 2.78. The number of benzene rings is 1. The lowest BCUT2D eigenvalue weighted by molar-refractivity contribution is 0.415. The maximum atomic E-state index is 11.3. The van der Waals surface area contributed by atoms with Crippen molar-refractivity contribution in [3.8, 4) is 5.75 Å². The number of alkyl halides is 1. The van der Waals surface area contributed by atoms with Crippen molar-refractivity contribution in [2.24, 2.45) is 0 Å². The topological polar surface area (TPSA) is 42.1 Å². The summed E-state index contributed by atoms with van der Waals surface area (Å²) in [5.74, 6) is 0.741. The molecule has 3 nitrogen and oxygen atoms in total. The van der Waals surface area contributed by atoms with Crippen molar-refractivity contribution in [3.63, 3.8) is 0 Å². The number of fused-ring (bicyclic) bond motifs is 1. The number of nitrogens with one attached hydrogen (secondary N) is 1. The van der Waals surface area contributed by atoms with Crippen molar-refractivity contribution in [2.45, 2.75) is 5.33 Å². The fourth-order valence-electron chi connectivity index (χ4n) is 1.55.